The molecule has 0 saturated heterocycles. The summed E-state index contributed by atoms with van der Waals surface area (Å²) in [6.07, 6.45) is 3.25. The van der Waals surface area contributed by atoms with Gasteiger partial charge in [-0.1, -0.05) is 5.57 Å². The van der Waals surface area contributed by atoms with Crippen LogP contribution in [0.1, 0.15) is 13.8 Å². The Bertz CT molecular complexity index is 1130. The quantitative estimate of drug-likeness (QED) is 0.348. The smallest absolute Gasteiger partial charge is 0.311 e. The number of rotatable bonds is 6. The summed E-state index contributed by atoms with van der Waals surface area (Å²) < 4.78 is 16.2. The van der Waals surface area contributed by atoms with Gasteiger partial charge >= 0.3 is 5.69 Å². The van der Waals surface area contributed by atoms with Crippen LogP contribution in [0.3, 0.4) is 0 Å². The normalized spacial score (nSPS) is 10.5. The predicted molar refractivity (Wildman–Crippen MR) is 106 cm³/mol. The van der Waals surface area contributed by atoms with E-state index in [9.17, 15) is 14.9 Å². The number of ether oxygens (including phenoxy) is 2. The number of benzene rings is 2. The van der Waals surface area contributed by atoms with Crippen LogP contribution < -0.4 is 14.9 Å². The predicted octanol–water partition coefficient (Wildman–Crippen LogP) is 4.72. The highest BCUT2D eigenvalue weighted by molar-refractivity contribution is 5.83. The van der Waals surface area contributed by atoms with E-state index < -0.39 is 4.92 Å². The third-order valence-electron chi connectivity index (χ3n) is 4.17. The second kappa shape index (κ2) is 7.96. The Hall–Kier alpha value is -3.61. The van der Waals surface area contributed by atoms with Gasteiger partial charge in [0.2, 0.25) is 0 Å². The molecule has 0 aliphatic rings. The van der Waals surface area contributed by atoms with Crippen LogP contribution in [0.25, 0.3) is 22.1 Å². The van der Waals surface area contributed by atoms with Crippen molar-refractivity contribution in [2.24, 2.45) is 0 Å². The Morgan fingerprint density at radius 3 is 2.68 bits per heavy atom. The first-order valence-corrected chi connectivity index (χ1v) is 8.55. The van der Waals surface area contributed by atoms with Gasteiger partial charge in [-0.15, -0.1) is 0 Å². The Kier molecular flexibility index (Phi) is 5.44. The van der Waals surface area contributed by atoms with Crippen molar-refractivity contribution in [2.75, 3.05) is 13.7 Å². The average molecular weight is 381 g/mol. The summed E-state index contributed by atoms with van der Waals surface area (Å²) in [4.78, 5) is 23.5. The Morgan fingerprint density at radius 1 is 1.21 bits per heavy atom. The lowest BCUT2D eigenvalue weighted by atomic mass is 10.0. The van der Waals surface area contributed by atoms with Gasteiger partial charge in [-0.3, -0.25) is 14.9 Å². The van der Waals surface area contributed by atoms with Gasteiger partial charge in [0, 0.05) is 12.1 Å². The van der Waals surface area contributed by atoms with Crippen LogP contribution in [0, 0.1) is 10.1 Å². The second-order valence-corrected chi connectivity index (χ2v) is 6.37. The molecular weight excluding hydrogens is 362 g/mol. The van der Waals surface area contributed by atoms with Crippen molar-refractivity contribution in [2.45, 2.75) is 13.8 Å². The van der Waals surface area contributed by atoms with Crippen LogP contribution in [0.15, 0.2) is 63.5 Å². The average Bonchev–Trinajstić information content (AvgIpc) is 2.67. The molecule has 0 saturated carbocycles. The lowest BCUT2D eigenvalue weighted by molar-refractivity contribution is -0.385. The molecule has 7 heteroatoms. The van der Waals surface area contributed by atoms with Gasteiger partial charge < -0.3 is 13.9 Å². The summed E-state index contributed by atoms with van der Waals surface area (Å²) >= 11 is 0. The summed E-state index contributed by atoms with van der Waals surface area (Å²) in [5, 5.41) is 11.6. The highest BCUT2D eigenvalue weighted by atomic mass is 16.6. The molecule has 7 nitrogen and oxygen atoms in total. The number of hydrogen-bond donors (Lipinski definition) is 0. The third-order valence-corrected chi connectivity index (χ3v) is 4.17. The molecule has 0 aliphatic carbocycles. The van der Waals surface area contributed by atoms with Crippen molar-refractivity contribution in [1.82, 2.24) is 0 Å². The molecule has 0 aliphatic heterocycles. The zero-order chi connectivity index (χ0) is 20.3. The van der Waals surface area contributed by atoms with Crippen molar-refractivity contribution in [3.63, 3.8) is 0 Å². The summed E-state index contributed by atoms with van der Waals surface area (Å²) in [5.41, 5.74) is 1.64. The fraction of sp³-hybridized carbons (Fsp3) is 0.190. The minimum absolute atomic E-state index is 0.122. The molecule has 0 radical (unpaired) electrons. The van der Waals surface area contributed by atoms with Crippen LogP contribution in [0.4, 0.5) is 5.69 Å². The Balaban J connectivity index is 2.01. The third kappa shape index (κ3) is 3.88. The molecule has 3 rings (SSSR count). The molecular formula is C21H19NO6. The molecule has 0 unspecified atom stereocenters. The van der Waals surface area contributed by atoms with Gasteiger partial charge in [-0.25, -0.2) is 0 Å². The van der Waals surface area contributed by atoms with E-state index in [-0.39, 0.29) is 22.4 Å². The van der Waals surface area contributed by atoms with Crippen molar-refractivity contribution >= 4 is 16.7 Å². The lowest BCUT2D eigenvalue weighted by Gasteiger charge is -2.07. The number of hydrogen-bond acceptors (Lipinski definition) is 6. The molecule has 144 valence electrons. The molecule has 1 heterocycles. The fourth-order valence-corrected chi connectivity index (χ4v) is 2.70. The van der Waals surface area contributed by atoms with Crippen LogP contribution >= 0.6 is 0 Å². The zero-order valence-corrected chi connectivity index (χ0v) is 15.7. The van der Waals surface area contributed by atoms with E-state index in [0.29, 0.717) is 28.9 Å². The van der Waals surface area contributed by atoms with E-state index >= 15 is 0 Å². The van der Waals surface area contributed by atoms with Crippen molar-refractivity contribution in [3.8, 4) is 22.6 Å². The number of methoxy groups -OCH3 is 1. The van der Waals surface area contributed by atoms with E-state index in [0.717, 1.165) is 5.57 Å². The van der Waals surface area contributed by atoms with Crippen molar-refractivity contribution in [1.29, 1.82) is 0 Å². The van der Waals surface area contributed by atoms with Gasteiger partial charge in [-0.05, 0) is 49.8 Å². The summed E-state index contributed by atoms with van der Waals surface area (Å²) in [5.74, 6) is 0.707. The van der Waals surface area contributed by atoms with Gasteiger partial charge in [0.1, 0.15) is 24.2 Å². The number of nitro groups is 1. The molecule has 0 amide bonds. The van der Waals surface area contributed by atoms with Gasteiger partial charge in [-0.2, -0.15) is 0 Å². The largest absolute Gasteiger partial charge is 0.490 e. The molecule has 0 fully saturated rings. The summed E-state index contributed by atoms with van der Waals surface area (Å²) in [6.45, 7) is 4.38. The first-order valence-electron chi connectivity index (χ1n) is 8.55. The molecule has 0 atom stereocenters. The first kappa shape index (κ1) is 19.2. The van der Waals surface area contributed by atoms with E-state index in [2.05, 4.69) is 0 Å². The number of nitro benzene ring substituents is 1. The Morgan fingerprint density at radius 2 is 2.00 bits per heavy atom. The van der Waals surface area contributed by atoms with Gasteiger partial charge in [0.25, 0.3) is 0 Å². The minimum Gasteiger partial charge on any atom is -0.490 e. The molecule has 3 aromatic rings. The van der Waals surface area contributed by atoms with Crippen LogP contribution in [-0.2, 0) is 0 Å². The monoisotopic (exact) mass is 381 g/mol. The number of nitrogens with zero attached hydrogens (tertiary/aromatic N) is 1. The van der Waals surface area contributed by atoms with Gasteiger partial charge in [0.15, 0.2) is 11.2 Å². The number of allylic oxidation sites excluding steroid dienone is 1. The maximum absolute atomic E-state index is 12.9. The van der Waals surface area contributed by atoms with Crippen molar-refractivity contribution < 1.29 is 18.8 Å². The second-order valence-electron chi connectivity index (χ2n) is 6.37. The first-order chi connectivity index (χ1) is 13.4. The van der Waals surface area contributed by atoms with Gasteiger partial charge in [0.05, 0.1) is 23.0 Å². The highest BCUT2D eigenvalue weighted by Gasteiger charge is 2.18. The molecule has 0 spiro atoms. The molecule has 2 aromatic carbocycles. The summed E-state index contributed by atoms with van der Waals surface area (Å²) in [6, 6.07) is 9.31. The fourth-order valence-electron chi connectivity index (χ4n) is 2.70. The van der Waals surface area contributed by atoms with Crippen LogP contribution in [0.2, 0.25) is 0 Å². The minimum atomic E-state index is -0.554. The lowest BCUT2D eigenvalue weighted by Crippen LogP contribution is -2.05. The topological polar surface area (TPSA) is 91.8 Å². The van der Waals surface area contributed by atoms with Crippen LogP contribution in [0.5, 0.6) is 11.5 Å². The molecule has 1 aromatic heterocycles. The van der Waals surface area contributed by atoms with E-state index in [1.165, 1.54) is 25.5 Å². The maximum atomic E-state index is 12.9. The van der Waals surface area contributed by atoms with E-state index in [1.807, 2.05) is 19.9 Å². The maximum Gasteiger partial charge on any atom is 0.311 e. The summed E-state index contributed by atoms with van der Waals surface area (Å²) in [7, 11) is 1.35. The van der Waals surface area contributed by atoms with E-state index in [4.69, 9.17) is 13.9 Å². The number of fused-ring (bicyclic) bond motifs is 1. The molecule has 0 bridgehead atoms. The molecule has 0 N–H and O–H groups in total. The van der Waals surface area contributed by atoms with E-state index in [1.54, 1.807) is 24.3 Å². The molecule has 28 heavy (non-hydrogen) atoms. The van der Waals surface area contributed by atoms with Crippen LogP contribution in [-0.4, -0.2) is 18.6 Å². The zero-order valence-electron chi connectivity index (χ0n) is 15.7. The highest BCUT2D eigenvalue weighted by Crippen LogP contribution is 2.32. The SMILES string of the molecule is COc1ccc(-c2coc3cc(OCC=C(C)C)ccc3c2=O)cc1[N+](=O)[O-]. The Labute approximate surface area is 161 Å². The van der Waals surface area contributed by atoms with Crippen molar-refractivity contribution in [3.05, 3.63) is 74.6 Å². The standard InChI is InChI=1S/C21H19NO6/c1-13(2)8-9-27-15-5-6-16-20(11-15)28-12-17(21(16)23)14-4-7-19(26-3)18(10-14)22(24)25/h4-8,10-12H,9H2,1-3H3.